The molecule has 0 bridgehead atoms. The molecule has 0 radical (unpaired) electrons. The highest BCUT2D eigenvalue weighted by atomic mass is 16.5. The highest BCUT2D eigenvalue weighted by Gasteiger charge is 2.43. The summed E-state index contributed by atoms with van der Waals surface area (Å²) in [5.41, 5.74) is -0.252. The van der Waals surface area contributed by atoms with Crippen LogP contribution in [0.25, 0.3) is 0 Å². The molecule has 1 fully saturated rings. The lowest BCUT2D eigenvalue weighted by Crippen LogP contribution is -2.53. The van der Waals surface area contributed by atoms with E-state index < -0.39 is 5.60 Å². The lowest BCUT2D eigenvalue weighted by atomic mass is 9.73. The lowest BCUT2D eigenvalue weighted by molar-refractivity contribution is -0.0583. The summed E-state index contributed by atoms with van der Waals surface area (Å²) in [5, 5.41) is 18.5. The first kappa shape index (κ1) is 28.4. The van der Waals surface area contributed by atoms with Gasteiger partial charge in [-0.15, -0.1) is 0 Å². The molecule has 3 atom stereocenters. The number of hydrogen-bond acceptors (Lipinski definition) is 5. The van der Waals surface area contributed by atoms with Crippen molar-refractivity contribution in [2.24, 2.45) is 11.3 Å². The van der Waals surface area contributed by atoms with Gasteiger partial charge in [-0.2, -0.15) is 0 Å². The van der Waals surface area contributed by atoms with Crippen molar-refractivity contribution in [3.05, 3.63) is 29.8 Å². The number of nitrogens with zero attached hydrogens (tertiary/aromatic N) is 1. The molecule has 1 aliphatic heterocycles. The first-order chi connectivity index (χ1) is 16.1. The Hall–Kier alpha value is -1.83. The molecule has 194 valence electrons. The fourth-order valence-electron chi connectivity index (χ4n) is 4.65. The van der Waals surface area contributed by atoms with Crippen LogP contribution < -0.4 is 15.4 Å². The number of ether oxygens (including phenoxy) is 2. The molecule has 0 aromatic heterocycles. The molecule has 1 aliphatic rings. The maximum Gasteiger partial charge on any atom is 0.317 e. The number of urea groups is 1. The first-order valence-corrected chi connectivity index (χ1v) is 12.7. The van der Waals surface area contributed by atoms with E-state index in [0.717, 1.165) is 37.0 Å². The highest BCUT2D eigenvalue weighted by molar-refractivity contribution is 5.74. The lowest BCUT2D eigenvalue weighted by Gasteiger charge is -2.43. The van der Waals surface area contributed by atoms with Crippen LogP contribution in [0.1, 0.15) is 65.4 Å². The van der Waals surface area contributed by atoms with Crippen molar-refractivity contribution in [2.75, 3.05) is 47.0 Å². The van der Waals surface area contributed by atoms with E-state index in [1.807, 2.05) is 43.1 Å². The van der Waals surface area contributed by atoms with Crippen LogP contribution in [0.3, 0.4) is 0 Å². The zero-order valence-corrected chi connectivity index (χ0v) is 22.2. The minimum absolute atomic E-state index is 0.00740. The van der Waals surface area contributed by atoms with Crippen LogP contribution in [0.5, 0.6) is 5.75 Å². The van der Waals surface area contributed by atoms with Crippen molar-refractivity contribution in [3.8, 4) is 5.75 Å². The van der Waals surface area contributed by atoms with Crippen LogP contribution in [-0.4, -0.2) is 69.1 Å². The fourth-order valence-corrected chi connectivity index (χ4v) is 4.65. The van der Waals surface area contributed by atoms with Crippen molar-refractivity contribution in [1.29, 1.82) is 0 Å². The molecule has 0 aliphatic carbocycles. The standard InChI is InChI=1S/C27H47N3O4/c1-21(18-28-5)29-25(31)30-16-11-12-22(19-30)27(32,15-9-10-17-33-6)23-13-7-8-14-24(23)34-20-26(2,3)4/h7-8,13-14,21-22,28,32H,9-12,15-20H2,1-6H3,(H,29,31)/t21?,22-,27+/m1/s1. The molecule has 3 N–H and O–H groups in total. The number of carbonyl (C=O) groups excluding carboxylic acids is 1. The molecule has 2 amide bonds. The highest BCUT2D eigenvalue weighted by Crippen LogP contribution is 2.43. The number of benzene rings is 1. The Balaban J connectivity index is 2.28. The van der Waals surface area contributed by atoms with Crippen LogP contribution >= 0.6 is 0 Å². The Bertz CT molecular complexity index is 752. The van der Waals surface area contributed by atoms with Gasteiger partial charge in [0.15, 0.2) is 0 Å². The van der Waals surface area contributed by atoms with Gasteiger partial charge >= 0.3 is 6.03 Å². The molecule has 34 heavy (non-hydrogen) atoms. The zero-order valence-electron chi connectivity index (χ0n) is 22.2. The third-order valence-corrected chi connectivity index (χ3v) is 6.43. The van der Waals surface area contributed by atoms with E-state index in [4.69, 9.17) is 9.47 Å². The van der Waals surface area contributed by atoms with Gasteiger partial charge in [-0.3, -0.25) is 0 Å². The van der Waals surface area contributed by atoms with Crippen molar-refractivity contribution in [3.63, 3.8) is 0 Å². The summed E-state index contributed by atoms with van der Waals surface area (Å²) in [6, 6.07) is 7.84. The van der Waals surface area contributed by atoms with Gasteiger partial charge in [0.1, 0.15) is 5.75 Å². The zero-order chi connectivity index (χ0) is 25.2. The molecule has 1 unspecified atom stereocenters. The van der Waals surface area contributed by atoms with Crippen molar-refractivity contribution < 1.29 is 19.4 Å². The minimum atomic E-state index is -1.09. The Morgan fingerprint density at radius 1 is 1.26 bits per heavy atom. The van der Waals surface area contributed by atoms with Crippen LogP contribution in [0.2, 0.25) is 0 Å². The Labute approximate surface area is 206 Å². The molecule has 1 aromatic rings. The largest absolute Gasteiger partial charge is 0.493 e. The van der Waals surface area contributed by atoms with E-state index in [1.54, 1.807) is 7.11 Å². The summed E-state index contributed by atoms with van der Waals surface area (Å²) < 4.78 is 11.5. The number of amides is 2. The van der Waals surface area contributed by atoms with Crippen molar-refractivity contribution >= 4 is 6.03 Å². The van der Waals surface area contributed by atoms with Gasteiger partial charge in [-0.1, -0.05) is 39.0 Å². The first-order valence-electron chi connectivity index (χ1n) is 12.7. The number of likely N-dealkylation sites (N-methyl/N-ethyl adjacent to an activating group) is 1. The van der Waals surface area contributed by atoms with Crippen molar-refractivity contribution in [1.82, 2.24) is 15.5 Å². The second-order valence-electron chi connectivity index (χ2n) is 10.9. The van der Waals surface area contributed by atoms with E-state index in [-0.39, 0.29) is 23.4 Å². The molecule has 0 saturated carbocycles. The number of rotatable bonds is 12. The van der Waals surface area contributed by atoms with Crippen LogP contribution in [0.4, 0.5) is 4.79 Å². The number of piperidine rings is 1. The number of methoxy groups -OCH3 is 1. The molecule has 7 nitrogen and oxygen atoms in total. The van der Waals surface area contributed by atoms with E-state index >= 15 is 0 Å². The number of aliphatic hydroxyl groups is 1. The summed E-state index contributed by atoms with van der Waals surface area (Å²) in [7, 11) is 3.58. The number of para-hydroxylation sites is 1. The number of likely N-dealkylation sites (tertiary alicyclic amines) is 1. The summed E-state index contributed by atoms with van der Waals surface area (Å²) in [4.78, 5) is 14.8. The third-order valence-electron chi connectivity index (χ3n) is 6.43. The smallest absolute Gasteiger partial charge is 0.317 e. The molecule has 0 spiro atoms. The normalized spacial score (nSPS) is 19.4. The monoisotopic (exact) mass is 477 g/mol. The van der Waals surface area contributed by atoms with Crippen LogP contribution in [0.15, 0.2) is 24.3 Å². The van der Waals surface area contributed by atoms with E-state index in [9.17, 15) is 9.90 Å². The Morgan fingerprint density at radius 2 is 2.00 bits per heavy atom. The fraction of sp³-hybridized carbons (Fsp3) is 0.741. The van der Waals surface area contributed by atoms with Gasteiger partial charge in [0.25, 0.3) is 0 Å². The summed E-state index contributed by atoms with van der Waals surface area (Å²) in [6.45, 7) is 11.6. The Morgan fingerprint density at radius 3 is 2.68 bits per heavy atom. The average Bonchev–Trinajstić information content (AvgIpc) is 2.80. The minimum Gasteiger partial charge on any atom is -0.493 e. The molecular formula is C27H47N3O4. The van der Waals surface area contributed by atoms with Gasteiger partial charge < -0.3 is 30.1 Å². The third kappa shape index (κ3) is 8.43. The number of hydrogen-bond donors (Lipinski definition) is 3. The van der Waals surface area contributed by atoms with Crippen molar-refractivity contribution in [2.45, 2.75) is 71.4 Å². The topological polar surface area (TPSA) is 83.1 Å². The Kier molecular flexibility index (Phi) is 11.1. The van der Waals surface area contributed by atoms with E-state index in [0.29, 0.717) is 39.3 Å². The van der Waals surface area contributed by atoms with Crippen LogP contribution in [-0.2, 0) is 10.3 Å². The maximum atomic E-state index is 12.9. The summed E-state index contributed by atoms with van der Waals surface area (Å²) >= 11 is 0. The van der Waals surface area contributed by atoms with E-state index in [2.05, 4.69) is 31.4 Å². The SMILES string of the molecule is CNCC(C)NC(=O)N1CCC[C@@H]([C@@](O)(CCCCOC)c2ccccc2OCC(C)(C)C)C1. The van der Waals surface area contributed by atoms with Gasteiger partial charge in [0, 0.05) is 50.9 Å². The molecule has 1 heterocycles. The second kappa shape index (κ2) is 13.3. The van der Waals surface area contributed by atoms with Gasteiger partial charge in [0.2, 0.25) is 0 Å². The maximum absolute atomic E-state index is 12.9. The van der Waals surface area contributed by atoms with Gasteiger partial charge in [-0.05, 0) is 57.6 Å². The number of unbranched alkanes of at least 4 members (excludes halogenated alkanes) is 1. The molecular weight excluding hydrogens is 430 g/mol. The van der Waals surface area contributed by atoms with Crippen LogP contribution in [0, 0.1) is 11.3 Å². The predicted molar refractivity (Wildman–Crippen MR) is 137 cm³/mol. The summed E-state index contributed by atoms with van der Waals surface area (Å²) in [6.07, 6.45) is 4.04. The summed E-state index contributed by atoms with van der Waals surface area (Å²) in [5.74, 6) is 0.657. The number of nitrogens with one attached hydrogen (secondary N) is 2. The van der Waals surface area contributed by atoms with E-state index in [1.165, 1.54) is 0 Å². The average molecular weight is 478 g/mol. The molecule has 1 aromatic carbocycles. The molecule has 1 saturated heterocycles. The predicted octanol–water partition coefficient (Wildman–Crippen LogP) is 4.15. The second-order valence-corrected chi connectivity index (χ2v) is 10.9. The van der Waals surface area contributed by atoms with Gasteiger partial charge in [0.05, 0.1) is 12.2 Å². The molecule has 2 rings (SSSR count). The quantitative estimate of drug-likeness (QED) is 0.394. The molecule has 7 heteroatoms. The van der Waals surface area contributed by atoms with Gasteiger partial charge in [-0.25, -0.2) is 4.79 Å². The number of carbonyl (C=O) groups is 1.